The van der Waals surface area contributed by atoms with E-state index < -0.39 is 54.0 Å². The minimum absolute atomic E-state index is 0.150. The molecule has 1 heterocycles. The Morgan fingerprint density at radius 3 is 2.46 bits per heavy atom. The maximum Gasteiger partial charge on any atom is 0.329 e. The number of ether oxygens (including phenoxy) is 1. The first-order valence-electron chi connectivity index (χ1n) is 8.73. The van der Waals surface area contributed by atoms with Gasteiger partial charge in [-0.1, -0.05) is 23.8 Å². The van der Waals surface area contributed by atoms with Crippen molar-refractivity contribution in [2.24, 2.45) is 11.8 Å². The second-order valence-electron chi connectivity index (χ2n) is 6.66. The number of allylic oxidation sites excluding steroid dienone is 2. The molecule has 0 bridgehead atoms. The van der Waals surface area contributed by atoms with E-state index in [2.05, 4.69) is 5.32 Å². The molecule has 28 heavy (non-hydrogen) atoms. The zero-order valence-corrected chi connectivity index (χ0v) is 15.7. The second-order valence-corrected chi connectivity index (χ2v) is 7.09. The Bertz CT molecular complexity index is 846. The number of esters is 1. The van der Waals surface area contributed by atoms with Crippen LogP contribution in [0.15, 0.2) is 30.4 Å². The smallest absolute Gasteiger partial charge is 0.329 e. The van der Waals surface area contributed by atoms with Crippen LogP contribution in [0, 0.1) is 17.7 Å². The largest absolute Gasteiger partial charge is 0.454 e. The number of benzene rings is 1. The predicted molar refractivity (Wildman–Crippen MR) is 97.7 cm³/mol. The summed E-state index contributed by atoms with van der Waals surface area (Å²) in [6.45, 7) is 0.678. The number of imide groups is 1. The summed E-state index contributed by atoms with van der Waals surface area (Å²) in [5.74, 6) is -4.09. The molecule has 0 radical (unpaired) electrons. The van der Waals surface area contributed by atoms with Crippen molar-refractivity contribution in [3.63, 3.8) is 0 Å². The summed E-state index contributed by atoms with van der Waals surface area (Å²) in [6, 6.07) is 2.48. The fraction of sp³-hybridized carbons (Fsp3) is 0.368. The Labute approximate surface area is 165 Å². The van der Waals surface area contributed by atoms with Crippen LogP contribution in [-0.2, 0) is 23.9 Å². The van der Waals surface area contributed by atoms with E-state index in [0.717, 1.165) is 11.0 Å². The van der Waals surface area contributed by atoms with Gasteiger partial charge < -0.3 is 10.1 Å². The lowest BCUT2D eigenvalue weighted by molar-refractivity contribution is -0.159. The Morgan fingerprint density at radius 1 is 1.25 bits per heavy atom. The van der Waals surface area contributed by atoms with Crippen LogP contribution in [0.3, 0.4) is 0 Å². The summed E-state index contributed by atoms with van der Waals surface area (Å²) in [7, 11) is 0. The van der Waals surface area contributed by atoms with Crippen LogP contribution in [0.4, 0.5) is 10.1 Å². The van der Waals surface area contributed by atoms with E-state index in [1.165, 1.54) is 19.1 Å². The van der Waals surface area contributed by atoms with Crippen LogP contribution in [0.25, 0.3) is 0 Å². The second kappa shape index (κ2) is 8.10. The summed E-state index contributed by atoms with van der Waals surface area (Å²) < 4.78 is 18.5. The van der Waals surface area contributed by atoms with E-state index in [4.69, 9.17) is 16.3 Å². The number of fused-ring (bicyclic) bond motifs is 1. The van der Waals surface area contributed by atoms with Gasteiger partial charge in [0.1, 0.15) is 11.9 Å². The highest BCUT2D eigenvalue weighted by Gasteiger charge is 2.50. The van der Waals surface area contributed by atoms with E-state index in [-0.39, 0.29) is 10.7 Å². The van der Waals surface area contributed by atoms with Gasteiger partial charge in [-0.3, -0.25) is 19.3 Å². The Morgan fingerprint density at radius 2 is 1.86 bits per heavy atom. The number of nitrogens with zero attached hydrogens (tertiary/aromatic N) is 1. The predicted octanol–water partition coefficient (Wildman–Crippen LogP) is 2.30. The van der Waals surface area contributed by atoms with Gasteiger partial charge in [-0.2, -0.15) is 0 Å². The first-order chi connectivity index (χ1) is 13.3. The molecule has 1 aromatic carbocycles. The van der Waals surface area contributed by atoms with Gasteiger partial charge in [-0.25, -0.2) is 9.18 Å². The van der Waals surface area contributed by atoms with Crippen molar-refractivity contribution < 1.29 is 28.3 Å². The molecule has 9 heteroatoms. The van der Waals surface area contributed by atoms with Gasteiger partial charge in [0.15, 0.2) is 6.61 Å². The molecule has 1 aliphatic heterocycles. The molecule has 148 valence electrons. The Hall–Kier alpha value is -2.74. The van der Waals surface area contributed by atoms with Crippen LogP contribution >= 0.6 is 11.6 Å². The van der Waals surface area contributed by atoms with E-state index in [0.29, 0.717) is 12.8 Å². The molecule has 2 aliphatic rings. The van der Waals surface area contributed by atoms with Crippen molar-refractivity contribution in [3.8, 4) is 0 Å². The molecule has 0 aromatic heterocycles. The molecule has 3 amide bonds. The van der Waals surface area contributed by atoms with Gasteiger partial charge in [-0.15, -0.1) is 0 Å². The van der Waals surface area contributed by atoms with Crippen LogP contribution in [0.1, 0.15) is 19.8 Å². The van der Waals surface area contributed by atoms with Crippen molar-refractivity contribution in [2.75, 3.05) is 11.9 Å². The fourth-order valence-electron chi connectivity index (χ4n) is 3.35. The van der Waals surface area contributed by atoms with Gasteiger partial charge in [0, 0.05) is 5.02 Å². The number of rotatable bonds is 5. The molecule has 0 unspecified atom stereocenters. The standard InChI is InChI=1S/C19H18ClFN2O5/c1-10(23-17(25)12-4-2-3-5-13(12)18(23)26)19(27)28-9-16(24)22-15-8-11(20)6-7-14(15)21/h2-3,6-8,10,12-13H,4-5,9H2,1H3,(H,22,24)/t10-,12-,13+/m0/s1. The quantitative estimate of drug-likeness (QED) is 0.458. The summed E-state index contributed by atoms with van der Waals surface area (Å²) >= 11 is 5.74. The first kappa shape index (κ1) is 20.0. The molecule has 1 aromatic rings. The Kier molecular flexibility index (Phi) is 5.79. The zero-order valence-electron chi connectivity index (χ0n) is 15.0. The third-order valence-corrected chi connectivity index (χ3v) is 5.05. The molecule has 1 saturated heterocycles. The minimum Gasteiger partial charge on any atom is -0.454 e. The molecular weight excluding hydrogens is 391 g/mol. The third kappa shape index (κ3) is 3.91. The van der Waals surface area contributed by atoms with Crippen LogP contribution in [-0.4, -0.2) is 41.2 Å². The van der Waals surface area contributed by atoms with Crippen LogP contribution in [0.5, 0.6) is 0 Å². The van der Waals surface area contributed by atoms with Crippen molar-refractivity contribution in [1.82, 2.24) is 4.90 Å². The molecule has 3 rings (SSSR count). The van der Waals surface area contributed by atoms with Gasteiger partial charge in [0.2, 0.25) is 11.8 Å². The number of nitrogens with one attached hydrogen (secondary N) is 1. The molecule has 1 fully saturated rings. The summed E-state index contributed by atoms with van der Waals surface area (Å²) in [6.07, 6.45) is 4.61. The van der Waals surface area contributed by atoms with Crippen LogP contribution in [0.2, 0.25) is 5.02 Å². The van der Waals surface area contributed by atoms with Gasteiger partial charge >= 0.3 is 5.97 Å². The van der Waals surface area contributed by atoms with Crippen molar-refractivity contribution in [3.05, 3.63) is 41.2 Å². The average Bonchev–Trinajstić information content (AvgIpc) is 2.93. The first-order valence-corrected chi connectivity index (χ1v) is 9.11. The average molecular weight is 409 g/mol. The molecular formula is C19H18ClFN2O5. The zero-order chi connectivity index (χ0) is 20.4. The number of carbonyl (C=O) groups excluding carboxylic acids is 4. The highest BCUT2D eigenvalue weighted by Crippen LogP contribution is 2.36. The molecule has 0 spiro atoms. The molecule has 1 aliphatic carbocycles. The number of halogens is 2. The topological polar surface area (TPSA) is 92.8 Å². The minimum atomic E-state index is -1.15. The number of carbonyl (C=O) groups is 4. The van der Waals surface area contributed by atoms with Gasteiger partial charge in [0.25, 0.3) is 5.91 Å². The number of likely N-dealkylation sites (tertiary alicyclic amines) is 1. The van der Waals surface area contributed by atoms with Gasteiger partial charge in [0.05, 0.1) is 17.5 Å². The third-order valence-electron chi connectivity index (χ3n) is 4.82. The normalized spacial score (nSPS) is 22.0. The maximum absolute atomic E-state index is 13.6. The number of anilines is 1. The van der Waals surface area contributed by atoms with Crippen molar-refractivity contribution >= 4 is 41.0 Å². The van der Waals surface area contributed by atoms with Gasteiger partial charge in [-0.05, 0) is 38.0 Å². The lowest BCUT2D eigenvalue weighted by Crippen LogP contribution is -2.45. The molecule has 3 atom stereocenters. The lowest BCUT2D eigenvalue weighted by atomic mass is 9.85. The van der Waals surface area contributed by atoms with Crippen molar-refractivity contribution in [2.45, 2.75) is 25.8 Å². The molecule has 0 saturated carbocycles. The van der Waals surface area contributed by atoms with E-state index in [1.54, 1.807) is 0 Å². The summed E-state index contributed by atoms with van der Waals surface area (Å²) in [5.41, 5.74) is -0.150. The highest BCUT2D eigenvalue weighted by atomic mass is 35.5. The fourth-order valence-corrected chi connectivity index (χ4v) is 3.52. The lowest BCUT2D eigenvalue weighted by Gasteiger charge is -2.21. The summed E-state index contributed by atoms with van der Waals surface area (Å²) in [4.78, 5) is 50.0. The highest BCUT2D eigenvalue weighted by molar-refractivity contribution is 6.30. The van der Waals surface area contributed by atoms with E-state index in [1.807, 2.05) is 12.2 Å². The SMILES string of the molecule is C[C@@H](C(=O)OCC(=O)Nc1cc(Cl)ccc1F)N1C(=O)[C@H]2CC=CC[C@H]2C1=O. The number of hydrogen-bond donors (Lipinski definition) is 1. The van der Waals surface area contributed by atoms with E-state index >= 15 is 0 Å². The molecule has 1 N–H and O–H groups in total. The molecule has 7 nitrogen and oxygen atoms in total. The van der Waals surface area contributed by atoms with E-state index in [9.17, 15) is 23.6 Å². The summed E-state index contributed by atoms with van der Waals surface area (Å²) in [5, 5.41) is 2.47. The van der Waals surface area contributed by atoms with Crippen LogP contribution < -0.4 is 5.32 Å². The maximum atomic E-state index is 13.6. The van der Waals surface area contributed by atoms with Crippen molar-refractivity contribution in [1.29, 1.82) is 0 Å². The number of hydrogen-bond acceptors (Lipinski definition) is 5. The monoisotopic (exact) mass is 408 g/mol. The Balaban J connectivity index is 1.57. The number of amides is 3.